The molecule has 19 heavy (non-hydrogen) atoms. The second-order valence-electron chi connectivity index (χ2n) is 3.55. The second-order valence-corrected chi connectivity index (χ2v) is 4.64. The first-order chi connectivity index (χ1) is 8.51. The number of rotatable bonds is 5. The SMILES string of the molecule is C=C(CC)C(N)=O.CCN(C)C.CCOS(=O)(=O)O. The van der Waals surface area contributed by atoms with Crippen molar-refractivity contribution in [2.75, 3.05) is 27.2 Å². The summed E-state index contributed by atoms with van der Waals surface area (Å²) in [6, 6.07) is 0. The van der Waals surface area contributed by atoms with E-state index >= 15 is 0 Å². The van der Waals surface area contributed by atoms with Gasteiger partial charge in [-0.05, 0) is 34.0 Å². The molecule has 0 aromatic carbocycles. The van der Waals surface area contributed by atoms with Crippen LogP contribution in [0.4, 0.5) is 0 Å². The molecule has 0 fully saturated rings. The van der Waals surface area contributed by atoms with Gasteiger partial charge in [0, 0.05) is 5.57 Å². The van der Waals surface area contributed by atoms with Gasteiger partial charge in [-0.25, -0.2) is 4.18 Å². The Morgan fingerprint density at radius 1 is 1.32 bits per heavy atom. The van der Waals surface area contributed by atoms with Crippen LogP contribution >= 0.6 is 0 Å². The fourth-order valence-electron chi connectivity index (χ4n) is 0.323. The summed E-state index contributed by atoms with van der Waals surface area (Å²) in [5.74, 6) is -0.400. The van der Waals surface area contributed by atoms with Crippen molar-refractivity contribution in [1.29, 1.82) is 0 Å². The normalized spacial score (nSPS) is 9.84. The van der Waals surface area contributed by atoms with Crippen LogP contribution in [0.25, 0.3) is 0 Å². The Bertz CT molecular complexity index is 339. The Labute approximate surface area is 116 Å². The maximum atomic E-state index is 10.1. The minimum atomic E-state index is -4.17. The molecule has 0 saturated heterocycles. The molecule has 0 aliphatic heterocycles. The van der Waals surface area contributed by atoms with E-state index in [9.17, 15) is 13.2 Å². The van der Waals surface area contributed by atoms with Crippen molar-refractivity contribution in [1.82, 2.24) is 4.90 Å². The van der Waals surface area contributed by atoms with Gasteiger partial charge in [0.25, 0.3) is 0 Å². The number of carbonyl (C=O) groups excluding carboxylic acids is 1. The lowest BCUT2D eigenvalue weighted by molar-refractivity contribution is -0.114. The van der Waals surface area contributed by atoms with Gasteiger partial charge in [-0.15, -0.1) is 0 Å². The summed E-state index contributed by atoms with van der Waals surface area (Å²) < 4.78 is 30.7. The van der Waals surface area contributed by atoms with Gasteiger partial charge in [0.2, 0.25) is 5.91 Å². The Balaban J connectivity index is -0.000000206. The Hall–Kier alpha value is -0.960. The summed E-state index contributed by atoms with van der Waals surface area (Å²) in [6.45, 7) is 9.94. The van der Waals surface area contributed by atoms with E-state index in [0.717, 1.165) is 6.54 Å². The molecule has 0 heterocycles. The summed E-state index contributed by atoms with van der Waals surface area (Å²) in [6.07, 6.45) is 0.648. The molecule has 0 spiro atoms. The molecule has 1 amide bonds. The lowest BCUT2D eigenvalue weighted by Crippen LogP contribution is -2.11. The molecular formula is C11H26N2O5S. The van der Waals surface area contributed by atoms with E-state index in [1.165, 1.54) is 6.92 Å². The number of amides is 1. The molecule has 8 heteroatoms. The highest BCUT2D eigenvalue weighted by molar-refractivity contribution is 7.80. The van der Waals surface area contributed by atoms with Gasteiger partial charge in [-0.3, -0.25) is 9.35 Å². The van der Waals surface area contributed by atoms with Crippen LogP contribution in [0.3, 0.4) is 0 Å². The number of hydrogen-bond donors (Lipinski definition) is 2. The zero-order chi connectivity index (χ0) is 16.1. The average Bonchev–Trinajstić information content (AvgIpc) is 2.27. The summed E-state index contributed by atoms with van der Waals surface area (Å²) >= 11 is 0. The number of primary amides is 1. The Morgan fingerprint density at radius 3 is 1.68 bits per heavy atom. The minimum Gasteiger partial charge on any atom is -0.366 e. The van der Waals surface area contributed by atoms with Crippen molar-refractivity contribution < 1.29 is 21.9 Å². The van der Waals surface area contributed by atoms with Crippen LogP contribution in [0.5, 0.6) is 0 Å². The first-order valence-electron chi connectivity index (χ1n) is 5.75. The van der Waals surface area contributed by atoms with Crippen molar-refractivity contribution in [3.63, 3.8) is 0 Å². The van der Waals surface area contributed by atoms with Crippen LogP contribution in [0.15, 0.2) is 12.2 Å². The molecule has 7 nitrogen and oxygen atoms in total. The van der Waals surface area contributed by atoms with Crippen molar-refractivity contribution in [2.45, 2.75) is 27.2 Å². The van der Waals surface area contributed by atoms with Gasteiger partial charge in [-0.1, -0.05) is 20.4 Å². The molecule has 0 aliphatic rings. The second kappa shape index (κ2) is 13.5. The van der Waals surface area contributed by atoms with Gasteiger partial charge < -0.3 is 10.6 Å². The lowest BCUT2D eigenvalue weighted by atomic mass is 10.2. The van der Waals surface area contributed by atoms with Gasteiger partial charge in [0.05, 0.1) is 6.61 Å². The van der Waals surface area contributed by atoms with E-state index in [0.29, 0.717) is 12.0 Å². The summed E-state index contributed by atoms with van der Waals surface area (Å²) in [5, 5.41) is 0. The monoisotopic (exact) mass is 298 g/mol. The van der Waals surface area contributed by atoms with E-state index in [4.69, 9.17) is 10.3 Å². The van der Waals surface area contributed by atoms with Crippen molar-refractivity contribution in [3.05, 3.63) is 12.2 Å². The maximum Gasteiger partial charge on any atom is 0.397 e. The summed E-state index contributed by atoms with van der Waals surface area (Å²) in [5.41, 5.74) is 5.29. The van der Waals surface area contributed by atoms with Crippen LogP contribution < -0.4 is 5.73 Å². The van der Waals surface area contributed by atoms with Crippen LogP contribution in [-0.4, -0.2) is 51.0 Å². The molecule has 0 aromatic heterocycles. The van der Waals surface area contributed by atoms with Crippen molar-refractivity contribution >= 4 is 16.3 Å². The number of nitrogens with zero attached hydrogens (tertiary/aromatic N) is 1. The molecule has 0 bridgehead atoms. The lowest BCUT2D eigenvalue weighted by Gasteiger charge is -2.00. The minimum absolute atomic E-state index is 0.0289. The highest BCUT2D eigenvalue weighted by atomic mass is 32.3. The van der Waals surface area contributed by atoms with Gasteiger partial charge >= 0.3 is 10.4 Å². The first kappa shape index (κ1) is 23.2. The van der Waals surface area contributed by atoms with Gasteiger partial charge in [0.15, 0.2) is 0 Å². The van der Waals surface area contributed by atoms with E-state index in [1.54, 1.807) is 0 Å². The van der Waals surface area contributed by atoms with Crippen LogP contribution in [0.1, 0.15) is 27.2 Å². The quantitative estimate of drug-likeness (QED) is 0.574. The predicted molar refractivity (Wildman–Crippen MR) is 76.0 cm³/mol. The third kappa shape index (κ3) is 31.6. The highest BCUT2D eigenvalue weighted by Crippen LogP contribution is 1.91. The summed E-state index contributed by atoms with van der Waals surface area (Å²) in [4.78, 5) is 12.2. The molecule has 3 N–H and O–H groups in total. The third-order valence-corrected chi connectivity index (χ3v) is 2.21. The van der Waals surface area contributed by atoms with Crippen molar-refractivity contribution in [3.8, 4) is 0 Å². The van der Waals surface area contributed by atoms with Crippen LogP contribution in [-0.2, 0) is 19.4 Å². The zero-order valence-electron chi connectivity index (χ0n) is 12.3. The maximum absolute atomic E-state index is 10.1. The molecule has 0 aliphatic carbocycles. The van der Waals surface area contributed by atoms with E-state index in [-0.39, 0.29) is 6.61 Å². The van der Waals surface area contributed by atoms with Crippen molar-refractivity contribution in [2.24, 2.45) is 5.73 Å². The molecular weight excluding hydrogens is 272 g/mol. The fourth-order valence-corrected chi connectivity index (χ4v) is 0.621. The number of hydrogen-bond acceptors (Lipinski definition) is 5. The van der Waals surface area contributed by atoms with Crippen LogP contribution in [0.2, 0.25) is 0 Å². The Morgan fingerprint density at radius 2 is 1.68 bits per heavy atom. The Kier molecular flexibility index (Phi) is 16.4. The zero-order valence-corrected chi connectivity index (χ0v) is 13.2. The molecule has 0 rings (SSSR count). The predicted octanol–water partition coefficient (Wildman–Crippen LogP) is 0.832. The first-order valence-corrected chi connectivity index (χ1v) is 7.12. The molecule has 0 saturated carbocycles. The number of nitrogens with two attached hydrogens (primary N) is 1. The molecule has 0 atom stereocenters. The van der Waals surface area contributed by atoms with Gasteiger partial charge in [-0.2, -0.15) is 8.42 Å². The standard InChI is InChI=1S/C5H9NO.C4H11N.C2H6O4S/c1-3-4(2)5(6)7;1-4-5(2)3;1-2-6-7(3,4)5/h2-3H2,1H3,(H2,6,7);4H2,1-3H3;2H2,1H3,(H,3,4,5). The topological polar surface area (TPSA) is 110 Å². The summed E-state index contributed by atoms with van der Waals surface area (Å²) in [7, 11) is -0.0631. The molecule has 0 unspecified atom stereocenters. The van der Waals surface area contributed by atoms with Gasteiger partial charge in [0.1, 0.15) is 0 Å². The largest absolute Gasteiger partial charge is 0.397 e. The molecule has 0 aromatic rings. The third-order valence-electron chi connectivity index (χ3n) is 1.67. The van der Waals surface area contributed by atoms with E-state index < -0.39 is 16.3 Å². The molecule has 0 radical (unpaired) electrons. The highest BCUT2D eigenvalue weighted by Gasteiger charge is 1.98. The number of carbonyl (C=O) groups is 1. The smallest absolute Gasteiger partial charge is 0.366 e. The fraction of sp³-hybridized carbons (Fsp3) is 0.727. The average molecular weight is 298 g/mol. The van der Waals surface area contributed by atoms with Crippen LogP contribution in [0, 0.1) is 0 Å². The van der Waals surface area contributed by atoms with E-state index in [1.807, 2.05) is 6.92 Å². The van der Waals surface area contributed by atoms with E-state index in [2.05, 4.69) is 36.7 Å². The molecule has 116 valence electrons.